The van der Waals surface area contributed by atoms with Gasteiger partial charge in [0.2, 0.25) is 5.91 Å². The summed E-state index contributed by atoms with van der Waals surface area (Å²) in [4.78, 5) is 27.3. The van der Waals surface area contributed by atoms with Crippen LogP contribution in [0.25, 0.3) is 10.8 Å². The molecule has 0 fully saturated rings. The quantitative estimate of drug-likeness (QED) is 0.548. The molecule has 0 aliphatic carbocycles. The largest absolute Gasteiger partial charge is 0.483 e. The van der Waals surface area contributed by atoms with Crippen LogP contribution in [0.2, 0.25) is 5.02 Å². The van der Waals surface area contributed by atoms with Crippen LogP contribution in [-0.4, -0.2) is 35.4 Å². The van der Waals surface area contributed by atoms with Gasteiger partial charge >= 0.3 is 0 Å². The predicted octanol–water partition coefficient (Wildman–Crippen LogP) is 4.81. The highest BCUT2D eigenvalue weighted by Gasteiger charge is 2.27. The lowest BCUT2D eigenvalue weighted by atomic mass is 10.1. The molecule has 31 heavy (non-hydrogen) atoms. The van der Waals surface area contributed by atoms with E-state index in [1.54, 1.807) is 19.1 Å². The fourth-order valence-corrected chi connectivity index (χ4v) is 3.58. The maximum atomic E-state index is 13.2. The maximum absolute atomic E-state index is 13.2. The van der Waals surface area contributed by atoms with E-state index in [2.05, 4.69) is 5.32 Å². The molecule has 0 radical (unpaired) electrons. The molecule has 0 aromatic heterocycles. The summed E-state index contributed by atoms with van der Waals surface area (Å²) in [5.74, 6) is 0.142. The molecular weight excluding hydrogens is 412 g/mol. The van der Waals surface area contributed by atoms with E-state index >= 15 is 0 Å². The number of hydrogen-bond acceptors (Lipinski definition) is 3. The van der Waals surface area contributed by atoms with Crippen molar-refractivity contribution in [3.8, 4) is 5.75 Å². The first-order valence-electron chi connectivity index (χ1n) is 10.3. The molecule has 1 unspecified atom stereocenters. The Morgan fingerprint density at radius 2 is 1.71 bits per heavy atom. The Labute approximate surface area is 188 Å². The molecule has 0 saturated carbocycles. The number of halogens is 1. The second kappa shape index (κ2) is 10.3. The van der Waals surface area contributed by atoms with Crippen LogP contribution in [0.5, 0.6) is 5.75 Å². The van der Waals surface area contributed by atoms with Crippen molar-refractivity contribution in [3.05, 3.63) is 77.3 Å². The average molecular weight is 439 g/mol. The number of rotatable bonds is 8. The molecule has 1 N–H and O–H groups in total. The fraction of sp³-hybridized carbons (Fsp3) is 0.280. The molecule has 162 valence electrons. The number of carbonyl (C=O) groups is 2. The summed E-state index contributed by atoms with van der Waals surface area (Å²) in [5.41, 5.74) is 0.843. The third-order valence-corrected chi connectivity index (χ3v) is 5.18. The molecule has 0 saturated heterocycles. The van der Waals surface area contributed by atoms with Crippen LogP contribution in [0.4, 0.5) is 0 Å². The summed E-state index contributed by atoms with van der Waals surface area (Å²) in [5, 5.41) is 5.42. The van der Waals surface area contributed by atoms with E-state index in [4.69, 9.17) is 16.3 Å². The molecule has 0 spiro atoms. The van der Waals surface area contributed by atoms with Crippen LogP contribution in [0, 0.1) is 0 Å². The molecule has 0 heterocycles. The highest BCUT2D eigenvalue weighted by molar-refractivity contribution is 6.30. The van der Waals surface area contributed by atoms with Crippen molar-refractivity contribution in [1.82, 2.24) is 10.2 Å². The van der Waals surface area contributed by atoms with Crippen molar-refractivity contribution in [2.75, 3.05) is 6.61 Å². The van der Waals surface area contributed by atoms with Gasteiger partial charge in [-0.1, -0.05) is 60.1 Å². The second-order valence-corrected chi connectivity index (χ2v) is 8.19. The number of hydrogen-bond donors (Lipinski definition) is 1. The highest BCUT2D eigenvalue weighted by Crippen LogP contribution is 2.25. The van der Waals surface area contributed by atoms with Gasteiger partial charge in [-0.25, -0.2) is 0 Å². The first-order chi connectivity index (χ1) is 14.8. The van der Waals surface area contributed by atoms with E-state index in [1.165, 1.54) is 4.90 Å². The third-order valence-electron chi connectivity index (χ3n) is 4.94. The Hall–Kier alpha value is -3.05. The first-order valence-corrected chi connectivity index (χ1v) is 10.7. The molecule has 3 rings (SSSR count). The van der Waals surface area contributed by atoms with E-state index in [9.17, 15) is 9.59 Å². The van der Waals surface area contributed by atoms with Crippen molar-refractivity contribution < 1.29 is 14.3 Å². The van der Waals surface area contributed by atoms with E-state index in [0.717, 1.165) is 16.3 Å². The third kappa shape index (κ3) is 5.98. The van der Waals surface area contributed by atoms with E-state index in [1.807, 2.05) is 68.4 Å². The molecule has 3 aromatic carbocycles. The number of benzene rings is 3. The predicted molar refractivity (Wildman–Crippen MR) is 124 cm³/mol. The highest BCUT2D eigenvalue weighted by atomic mass is 35.5. The minimum Gasteiger partial charge on any atom is -0.483 e. The molecular formula is C25H27ClN2O3. The van der Waals surface area contributed by atoms with E-state index in [0.29, 0.717) is 10.8 Å². The topological polar surface area (TPSA) is 58.6 Å². The molecule has 6 heteroatoms. The minimum atomic E-state index is -0.662. The molecule has 0 aliphatic rings. The van der Waals surface area contributed by atoms with Gasteiger partial charge in [-0.15, -0.1) is 0 Å². The zero-order valence-electron chi connectivity index (χ0n) is 18.0. The smallest absolute Gasteiger partial charge is 0.261 e. The Morgan fingerprint density at radius 1 is 1.00 bits per heavy atom. The number of amides is 2. The summed E-state index contributed by atoms with van der Waals surface area (Å²) in [7, 11) is 0. The lowest BCUT2D eigenvalue weighted by Crippen LogP contribution is -2.50. The molecule has 5 nitrogen and oxygen atoms in total. The summed E-state index contributed by atoms with van der Waals surface area (Å²) in [6.45, 7) is 5.58. The Balaban J connectivity index is 1.79. The van der Waals surface area contributed by atoms with Crippen LogP contribution in [-0.2, 0) is 16.1 Å². The number of carbonyl (C=O) groups excluding carboxylic acids is 2. The van der Waals surface area contributed by atoms with Gasteiger partial charge in [0.25, 0.3) is 5.91 Å². The maximum Gasteiger partial charge on any atom is 0.261 e. The summed E-state index contributed by atoms with van der Waals surface area (Å²) >= 11 is 6.11. The number of nitrogens with zero attached hydrogens (tertiary/aromatic N) is 1. The van der Waals surface area contributed by atoms with Crippen LogP contribution in [0.1, 0.15) is 26.3 Å². The second-order valence-electron chi connectivity index (χ2n) is 7.76. The number of fused-ring (bicyclic) bond motifs is 1. The molecule has 2 amide bonds. The minimum absolute atomic E-state index is 0.0231. The fourth-order valence-electron chi connectivity index (χ4n) is 3.36. The van der Waals surface area contributed by atoms with Crippen LogP contribution in [0.15, 0.2) is 66.7 Å². The van der Waals surface area contributed by atoms with Gasteiger partial charge in [0, 0.05) is 23.0 Å². The monoisotopic (exact) mass is 438 g/mol. The van der Waals surface area contributed by atoms with Crippen molar-refractivity contribution in [3.63, 3.8) is 0 Å². The normalized spacial score (nSPS) is 11.9. The van der Waals surface area contributed by atoms with Gasteiger partial charge in [-0.2, -0.15) is 0 Å². The van der Waals surface area contributed by atoms with Gasteiger partial charge in [-0.05, 0) is 49.9 Å². The van der Waals surface area contributed by atoms with Crippen molar-refractivity contribution in [1.29, 1.82) is 0 Å². The van der Waals surface area contributed by atoms with Gasteiger partial charge < -0.3 is 15.0 Å². The van der Waals surface area contributed by atoms with Gasteiger partial charge in [-0.3, -0.25) is 9.59 Å². The standard InChI is InChI=1S/C25H27ClN2O3/c1-17(2)27-25(30)18(3)28(15-19-8-6-11-21(26)14-19)24(29)16-31-23-13-7-10-20-9-4-5-12-22(20)23/h4-14,17-18H,15-16H2,1-3H3,(H,27,30). The van der Waals surface area contributed by atoms with Crippen molar-refractivity contribution >= 4 is 34.2 Å². The Morgan fingerprint density at radius 3 is 2.45 bits per heavy atom. The lowest BCUT2D eigenvalue weighted by molar-refractivity contribution is -0.142. The van der Waals surface area contributed by atoms with E-state index in [-0.39, 0.29) is 31.0 Å². The Bertz CT molecular complexity index is 1060. The summed E-state index contributed by atoms with van der Waals surface area (Å²) in [6, 6.07) is 20.2. The van der Waals surface area contributed by atoms with Crippen LogP contribution < -0.4 is 10.1 Å². The summed E-state index contributed by atoms with van der Waals surface area (Å²) < 4.78 is 5.89. The van der Waals surface area contributed by atoms with Gasteiger partial charge in [0.15, 0.2) is 6.61 Å². The molecule has 0 bridgehead atoms. The summed E-state index contributed by atoms with van der Waals surface area (Å²) in [6.07, 6.45) is 0. The van der Waals surface area contributed by atoms with Crippen molar-refractivity contribution in [2.45, 2.75) is 39.4 Å². The number of ether oxygens (including phenoxy) is 1. The zero-order valence-corrected chi connectivity index (χ0v) is 18.7. The van der Waals surface area contributed by atoms with Gasteiger partial charge in [0.1, 0.15) is 11.8 Å². The van der Waals surface area contributed by atoms with Crippen LogP contribution in [0.3, 0.4) is 0 Å². The SMILES string of the molecule is CC(C)NC(=O)C(C)N(Cc1cccc(Cl)c1)C(=O)COc1cccc2ccccc12. The first kappa shape index (κ1) is 22.6. The lowest BCUT2D eigenvalue weighted by Gasteiger charge is -2.29. The molecule has 0 aliphatic heterocycles. The van der Waals surface area contributed by atoms with Crippen molar-refractivity contribution in [2.24, 2.45) is 0 Å². The Kier molecular flexibility index (Phi) is 7.53. The van der Waals surface area contributed by atoms with Crippen LogP contribution >= 0.6 is 11.6 Å². The van der Waals surface area contributed by atoms with E-state index < -0.39 is 6.04 Å². The number of nitrogens with one attached hydrogen (secondary N) is 1. The molecule has 3 aromatic rings. The van der Waals surface area contributed by atoms with Gasteiger partial charge in [0.05, 0.1) is 0 Å². The average Bonchev–Trinajstić information content (AvgIpc) is 2.75. The zero-order chi connectivity index (χ0) is 22.4. The molecule has 1 atom stereocenters.